The van der Waals surface area contributed by atoms with Crippen molar-refractivity contribution in [1.29, 1.82) is 0 Å². The number of rotatable bonds is 3. The highest BCUT2D eigenvalue weighted by atomic mass is 16.4. The van der Waals surface area contributed by atoms with Crippen molar-refractivity contribution in [3.8, 4) is 11.5 Å². The Morgan fingerprint density at radius 2 is 1.96 bits per heavy atom. The topological polar surface area (TPSA) is 95.0 Å². The minimum absolute atomic E-state index is 0.207. The highest BCUT2D eigenvalue weighted by Crippen LogP contribution is 2.33. The molecule has 28 heavy (non-hydrogen) atoms. The Morgan fingerprint density at radius 1 is 1.11 bits per heavy atom. The summed E-state index contributed by atoms with van der Waals surface area (Å²) < 4.78 is 0. The van der Waals surface area contributed by atoms with Crippen LogP contribution in [0.15, 0.2) is 42.5 Å². The van der Waals surface area contributed by atoms with Crippen molar-refractivity contribution in [2.45, 2.75) is 25.8 Å². The first-order chi connectivity index (χ1) is 13.6. The maximum atomic E-state index is 11.4. The van der Waals surface area contributed by atoms with E-state index in [4.69, 9.17) is 15.0 Å². The number of carbonyl (C=O) groups is 1. The summed E-state index contributed by atoms with van der Waals surface area (Å²) in [6, 6.07) is 13.0. The SMILES string of the molecule is C[C@H]1CCCN1c1nc2cc(C(=O)O)ccc2nc1-c1nc2ccccc2[nH]1. The van der Waals surface area contributed by atoms with Crippen molar-refractivity contribution < 1.29 is 9.90 Å². The van der Waals surface area contributed by atoms with Crippen LogP contribution >= 0.6 is 0 Å². The molecule has 5 rings (SSSR count). The quantitative estimate of drug-likeness (QED) is 0.566. The van der Waals surface area contributed by atoms with Crippen molar-refractivity contribution in [1.82, 2.24) is 19.9 Å². The Bertz CT molecular complexity index is 1180. The molecule has 140 valence electrons. The summed E-state index contributed by atoms with van der Waals surface area (Å²) in [5.74, 6) is 0.451. The second-order valence-electron chi connectivity index (χ2n) is 7.19. The van der Waals surface area contributed by atoms with Gasteiger partial charge in [-0.3, -0.25) is 0 Å². The molecule has 7 nitrogen and oxygen atoms in total. The smallest absolute Gasteiger partial charge is 0.335 e. The average Bonchev–Trinajstić information content (AvgIpc) is 3.32. The standard InChI is InChI=1S/C21H19N5O2/c1-12-5-4-10-26(12)20-18(19-23-14-6-2-3-7-15(14)24-19)22-16-9-8-13(21(27)28)11-17(16)25-20/h2-3,6-9,11-12H,4-5,10H2,1H3,(H,23,24)(H,27,28)/t12-/m0/s1. The van der Waals surface area contributed by atoms with Gasteiger partial charge in [-0.1, -0.05) is 12.1 Å². The number of hydrogen-bond donors (Lipinski definition) is 2. The van der Waals surface area contributed by atoms with Gasteiger partial charge < -0.3 is 15.0 Å². The normalized spacial score (nSPS) is 16.9. The van der Waals surface area contributed by atoms with Crippen LogP contribution in [0.5, 0.6) is 0 Å². The van der Waals surface area contributed by atoms with Gasteiger partial charge in [-0.15, -0.1) is 0 Å². The number of aromatic amines is 1. The first kappa shape index (κ1) is 16.7. The first-order valence-electron chi connectivity index (χ1n) is 9.37. The molecule has 1 saturated heterocycles. The number of para-hydroxylation sites is 2. The lowest BCUT2D eigenvalue weighted by atomic mass is 10.2. The van der Waals surface area contributed by atoms with Crippen LogP contribution in [-0.4, -0.2) is 43.6 Å². The van der Waals surface area contributed by atoms with Crippen LogP contribution in [0.1, 0.15) is 30.1 Å². The van der Waals surface area contributed by atoms with Crippen LogP contribution in [0.2, 0.25) is 0 Å². The molecule has 2 N–H and O–H groups in total. The van der Waals surface area contributed by atoms with Gasteiger partial charge in [-0.2, -0.15) is 0 Å². The number of hydrogen-bond acceptors (Lipinski definition) is 5. The van der Waals surface area contributed by atoms with E-state index >= 15 is 0 Å². The molecule has 2 aromatic heterocycles. The monoisotopic (exact) mass is 373 g/mol. The third-order valence-corrected chi connectivity index (χ3v) is 5.33. The molecule has 1 fully saturated rings. The van der Waals surface area contributed by atoms with E-state index in [9.17, 15) is 9.90 Å². The van der Waals surface area contributed by atoms with Gasteiger partial charge in [0.2, 0.25) is 0 Å². The number of nitrogens with one attached hydrogen (secondary N) is 1. The first-order valence-corrected chi connectivity index (χ1v) is 9.37. The van der Waals surface area contributed by atoms with E-state index in [1.165, 1.54) is 0 Å². The van der Waals surface area contributed by atoms with Gasteiger partial charge in [-0.25, -0.2) is 19.7 Å². The largest absolute Gasteiger partial charge is 0.478 e. The highest BCUT2D eigenvalue weighted by molar-refractivity contribution is 5.93. The van der Waals surface area contributed by atoms with Crippen molar-refractivity contribution in [3.05, 3.63) is 48.0 Å². The van der Waals surface area contributed by atoms with Gasteiger partial charge in [0.1, 0.15) is 5.69 Å². The molecule has 0 unspecified atom stereocenters. The van der Waals surface area contributed by atoms with E-state index in [0.29, 0.717) is 28.6 Å². The van der Waals surface area contributed by atoms with Gasteiger partial charge in [0, 0.05) is 12.6 Å². The van der Waals surface area contributed by atoms with Crippen molar-refractivity contribution in [2.75, 3.05) is 11.4 Å². The van der Waals surface area contributed by atoms with Gasteiger partial charge >= 0.3 is 5.97 Å². The number of aromatic carboxylic acids is 1. The van der Waals surface area contributed by atoms with E-state index in [0.717, 1.165) is 36.2 Å². The Kier molecular flexibility index (Phi) is 3.75. The number of imidazole rings is 1. The van der Waals surface area contributed by atoms with Crippen LogP contribution in [0.3, 0.4) is 0 Å². The Balaban J connectivity index is 1.75. The summed E-state index contributed by atoms with van der Waals surface area (Å²) in [6.45, 7) is 3.07. The zero-order chi connectivity index (χ0) is 19.3. The van der Waals surface area contributed by atoms with Crippen LogP contribution in [0, 0.1) is 0 Å². The third kappa shape index (κ3) is 2.67. The van der Waals surface area contributed by atoms with Crippen LogP contribution < -0.4 is 4.90 Å². The van der Waals surface area contributed by atoms with E-state index in [1.54, 1.807) is 18.2 Å². The summed E-state index contributed by atoms with van der Waals surface area (Å²) in [5, 5.41) is 9.31. The predicted molar refractivity (Wildman–Crippen MR) is 108 cm³/mol. The number of H-pyrrole nitrogens is 1. The second kappa shape index (κ2) is 6.30. The predicted octanol–water partition coefficient (Wildman–Crippen LogP) is 3.86. The number of nitrogens with zero attached hydrogens (tertiary/aromatic N) is 4. The lowest BCUT2D eigenvalue weighted by molar-refractivity contribution is 0.0697. The Hall–Kier alpha value is -3.48. The molecule has 0 spiro atoms. The van der Waals surface area contributed by atoms with Crippen LogP contribution in [-0.2, 0) is 0 Å². The minimum Gasteiger partial charge on any atom is -0.478 e. The molecule has 0 aliphatic carbocycles. The Labute approximate surface area is 161 Å². The second-order valence-corrected chi connectivity index (χ2v) is 7.19. The van der Waals surface area contributed by atoms with Crippen molar-refractivity contribution >= 4 is 33.9 Å². The number of benzene rings is 2. The summed E-state index contributed by atoms with van der Waals surface area (Å²) >= 11 is 0. The third-order valence-electron chi connectivity index (χ3n) is 5.33. The molecular formula is C21H19N5O2. The summed E-state index contributed by atoms with van der Waals surface area (Å²) in [5.41, 5.74) is 3.95. The average molecular weight is 373 g/mol. The fourth-order valence-corrected chi connectivity index (χ4v) is 3.85. The molecule has 2 aromatic carbocycles. The molecular weight excluding hydrogens is 354 g/mol. The number of fused-ring (bicyclic) bond motifs is 2. The lowest BCUT2D eigenvalue weighted by Crippen LogP contribution is -2.28. The molecule has 0 radical (unpaired) electrons. The van der Waals surface area contributed by atoms with E-state index in [1.807, 2.05) is 24.3 Å². The zero-order valence-corrected chi connectivity index (χ0v) is 15.4. The maximum absolute atomic E-state index is 11.4. The van der Waals surface area contributed by atoms with E-state index < -0.39 is 5.97 Å². The number of carboxylic acid groups (broad SMARTS) is 1. The van der Waals surface area contributed by atoms with Gasteiger partial charge in [0.15, 0.2) is 11.6 Å². The molecule has 4 aromatic rings. The molecule has 0 bridgehead atoms. The summed E-state index contributed by atoms with van der Waals surface area (Å²) in [6.07, 6.45) is 2.18. The fraction of sp³-hybridized carbons (Fsp3) is 0.238. The fourth-order valence-electron chi connectivity index (χ4n) is 3.85. The molecule has 0 saturated carbocycles. The molecule has 1 atom stereocenters. The van der Waals surface area contributed by atoms with Gasteiger partial charge in [0.25, 0.3) is 0 Å². The summed E-state index contributed by atoms with van der Waals surface area (Å²) in [4.78, 5) is 31.3. The van der Waals surface area contributed by atoms with Crippen LogP contribution in [0.25, 0.3) is 33.6 Å². The maximum Gasteiger partial charge on any atom is 0.335 e. The number of aromatic nitrogens is 4. The van der Waals surface area contributed by atoms with Crippen LogP contribution in [0.4, 0.5) is 5.82 Å². The molecule has 7 heteroatoms. The minimum atomic E-state index is -0.971. The van der Waals surface area contributed by atoms with Gasteiger partial charge in [0.05, 0.1) is 27.6 Å². The van der Waals surface area contributed by atoms with Crippen molar-refractivity contribution in [3.63, 3.8) is 0 Å². The molecule has 0 amide bonds. The number of anilines is 1. The van der Waals surface area contributed by atoms with Crippen molar-refractivity contribution in [2.24, 2.45) is 0 Å². The summed E-state index contributed by atoms with van der Waals surface area (Å²) in [7, 11) is 0. The highest BCUT2D eigenvalue weighted by Gasteiger charge is 2.27. The number of carboxylic acids is 1. The zero-order valence-electron chi connectivity index (χ0n) is 15.4. The molecule has 3 heterocycles. The van der Waals surface area contributed by atoms with Gasteiger partial charge in [-0.05, 0) is 50.1 Å². The molecule has 1 aliphatic rings. The Morgan fingerprint density at radius 3 is 2.71 bits per heavy atom. The van der Waals surface area contributed by atoms with E-state index in [2.05, 4.69) is 16.8 Å². The molecule has 1 aliphatic heterocycles. The van der Waals surface area contributed by atoms with E-state index in [-0.39, 0.29) is 5.56 Å². The lowest BCUT2D eigenvalue weighted by Gasteiger charge is -2.24.